The first kappa shape index (κ1) is 25.3. The molecular formula is C24H34N4O4. The van der Waals surface area contributed by atoms with Crippen LogP contribution in [0.25, 0.3) is 0 Å². The maximum absolute atomic E-state index is 12.9. The van der Waals surface area contributed by atoms with Crippen LogP contribution in [0.5, 0.6) is 0 Å². The summed E-state index contributed by atoms with van der Waals surface area (Å²) in [4.78, 5) is 24.6. The minimum Gasteiger partial charge on any atom is -0.453 e. The number of carbonyl (C=O) groups is 2. The number of hydrogen-bond acceptors (Lipinski definition) is 6. The highest BCUT2D eigenvalue weighted by Gasteiger charge is 2.27. The molecule has 0 spiro atoms. The van der Waals surface area contributed by atoms with Crippen LogP contribution in [0.4, 0.5) is 4.79 Å². The lowest BCUT2D eigenvalue weighted by atomic mass is 10.0. The van der Waals surface area contributed by atoms with Crippen molar-refractivity contribution in [3.63, 3.8) is 0 Å². The second-order valence-electron chi connectivity index (χ2n) is 8.12. The molecule has 2 amide bonds. The number of amides is 2. The zero-order valence-electron chi connectivity index (χ0n) is 18.9. The molecule has 0 aliphatic rings. The smallest absolute Gasteiger partial charge is 0.407 e. The van der Waals surface area contributed by atoms with Gasteiger partial charge in [0.2, 0.25) is 0 Å². The minimum atomic E-state index is -0.884. The number of hydrogen-bond donors (Lipinski definition) is 4. The van der Waals surface area contributed by atoms with Crippen molar-refractivity contribution >= 4 is 12.0 Å². The molecule has 0 aliphatic heterocycles. The predicted molar refractivity (Wildman–Crippen MR) is 123 cm³/mol. The van der Waals surface area contributed by atoms with Crippen LogP contribution in [0, 0.1) is 5.92 Å². The maximum atomic E-state index is 12.9. The minimum absolute atomic E-state index is 0.123. The summed E-state index contributed by atoms with van der Waals surface area (Å²) < 4.78 is 4.63. The van der Waals surface area contributed by atoms with Crippen molar-refractivity contribution in [2.24, 2.45) is 11.7 Å². The van der Waals surface area contributed by atoms with Gasteiger partial charge in [-0.3, -0.25) is 10.2 Å². The number of ether oxygens (including phenoxy) is 1. The summed E-state index contributed by atoms with van der Waals surface area (Å²) in [6.45, 7) is 4.14. The third kappa shape index (κ3) is 8.30. The Balaban J connectivity index is 2.10. The Kier molecular flexibility index (Phi) is 10.1. The van der Waals surface area contributed by atoms with Crippen LogP contribution < -0.4 is 16.5 Å². The normalized spacial score (nSPS) is 14.0. The van der Waals surface area contributed by atoms with Crippen LogP contribution in [-0.4, -0.2) is 54.0 Å². The number of hydrazine groups is 1. The van der Waals surface area contributed by atoms with Crippen LogP contribution in [-0.2, 0) is 22.5 Å². The van der Waals surface area contributed by atoms with Gasteiger partial charge in [0, 0.05) is 19.1 Å². The fourth-order valence-electron chi connectivity index (χ4n) is 3.28. The first-order valence-electron chi connectivity index (χ1n) is 10.7. The predicted octanol–water partition coefficient (Wildman–Crippen LogP) is 1.83. The highest BCUT2D eigenvalue weighted by atomic mass is 16.5. The van der Waals surface area contributed by atoms with E-state index in [0.29, 0.717) is 13.0 Å². The number of nitrogens with zero attached hydrogens (tertiary/aromatic N) is 1. The number of alkyl carbamates (subject to hydrolysis) is 1. The fourth-order valence-corrected chi connectivity index (χ4v) is 3.28. The zero-order valence-corrected chi connectivity index (χ0v) is 18.9. The molecule has 8 heteroatoms. The van der Waals surface area contributed by atoms with Crippen LogP contribution in [0.15, 0.2) is 60.7 Å². The molecule has 0 fully saturated rings. The van der Waals surface area contributed by atoms with Gasteiger partial charge in [-0.05, 0) is 23.5 Å². The Morgan fingerprint density at radius 2 is 1.59 bits per heavy atom. The van der Waals surface area contributed by atoms with E-state index >= 15 is 0 Å². The number of rotatable bonds is 11. The van der Waals surface area contributed by atoms with Crippen molar-refractivity contribution in [3.8, 4) is 0 Å². The van der Waals surface area contributed by atoms with Gasteiger partial charge < -0.3 is 20.9 Å². The van der Waals surface area contributed by atoms with E-state index < -0.39 is 30.2 Å². The SMILES string of the molecule is COC(=O)N[C@H](C(=O)NN(Cc1ccccc1)C[C@H](O)[C@@H](N)Cc1ccccc1)C(C)C. The summed E-state index contributed by atoms with van der Waals surface area (Å²) in [7, 11) is 1.25. The first-order valence-corrected chi connectivity index (χ1v) is 10.7. The van der Waals surface area contributed by atoms with E-state index in [1.165, 1.54) is 7.11 Å². The van der Waals surface area contributed by atoms with Crippen LogP contribution in [0.2, 0.25) is 0 Å². The molecule has 8 nitrogen and oxygen atoms in total. The van der Waals surface area contributed by atoms with Crippen LogP contribution in [0.3, 0.4) is 0 Å². The third-order valence-electron chi connectivity index (χ3n) is 5.11. The Morgan fingerprint density at radius 1 is 1.03 bits per heavy atom. The van der Waals surface area contributed by atoms with Crippen molar-refractivity contribution in [1.82, 2.24) is 15.8 Å². The number of carbonyl (C=O) groups excluding carboxylic acids is 2. The van der Waals surface area contributed by atoms with E-state index in [9.17, 15) is 14.7 Å². The quantitative estimate of drug-likeness (QED) is 0.395. The number of aliphatic hydroxyl groups excluding tert-OH is 1. The molecule has 3 atom stereocenters. The highest BCUT2D eigenvalue weighted by molar-refractivity contribution is 5.85. The second kappa shape index (κ2) is 12.8. The summed E-state index contributed by atoms with van der Waals surface area (Å²) in [5.41, 5.74) is 11.1. The van der Waals surface area contributed by atoms with E-state index in [1.54, 1.807) is 5.01 Å². The third-order valence-corrected chi connectivity index (χ3v) is 5.11. The van der Waals surface area contributed by atoms with Gasteiger partial charge in [0.15, 0.2) is 0 Å². The largest absolute Gasteiger partial charge is 0.453 e. The summed E-state index contributed by atoms with van der Waals surface area (Å²) in [6, 6.07) is 18.0. The molecule has 2 aromatic rings. The molecule has 0 saturated carbocycles. The molecule has 32 heavy (non-hydrogen) atoms. The Morgan fingerprint density at radius 3 is 2.12 bits per heavy atom. The number of nitrogens with one attached hydrogen (secondary N) is 2. The second-order valence-corrected chi connectivity index (χ2v) is 8.12. The van der Waals surface area contributed by atoms with E-state index in [0.717, 1.165) is 11.1 Å². The lowest BCUT2D eigenvalue weighted by molar-refractivity contribution is -0.130. The molecule has 0 bridgehead atoms. The molecule has 5 N–H and O–H groups in total. The summed E-state index contributed by atoms with van der Waals surface area (Å²) >= 11 is 0. The Bertz CT molecular complexity index is 832. The van der Waals surface area contributed by atoms with E-state index in [-0.39, 0.29) is 12.5 Å². The van der Waals surface area contributed by atoms with Crippen molar-refractivity contribution in [2.45, 2.75) is 45.0 Å². The van der Waals surface area contributed by atoms with Gasteiger partial charge in [-0.15, -0.1) is 0 Å². The monoisotopic (exact) mass is 442 g/mol. The van der Waals surface area contributed by atoms with E-state index in [2.05, 4.69) is 15.5 Å². The Labute approximate surface area is 189 Å². The molecule has 0 unspecified atom stereocenters. The number of methoxy groups -OCH3 is 1. The molecule has 2 aromatic carbocycles. The average Bonchev–Trinajstić information content (AvgIpc) is 2.78. The molecule has 0 aromatic heterocycles. The lowest BCUT2D eigenvalue weighted by Gasteiger charge is -2.30. The van der Waals surface area contributed by atoms with Gasteiger partial charge >= 0.3 is 6.09 Å². The molecule has 2 rings (SSSR count). The fraction of sp³-hybridized carbons (Fsp3) is 0.417. The first-order chi connectivity index (χ1) is 15.3. The summed E-state index contributed by atoms with van der Waals surface area (Å²) in [5.74, 6) is -0.567. The van der Waals surface area contributed by atoms with Crippen molar-refractivity contribution < 1.29 is 19.4 Å². The number of benzene rings is 2. The van der Waals surface area contributed by atoms with E-state index in [1.807, 2.05) is 74.5 Å². The molecular weight excluding hydrogens is 408 g/mol. The van der Waals surface area contributed by atoms with Crippen LogP contribution in [0.1, 0.15) is 25.0 Å². The molecule has 0 radical (unpaired) electrons. The lowest BCUT2D eigenvalue weighted by Crippen LogP contribution is -2.56. The van der Waals surface area contributed by atoms with Gasteiger partial charge in [-0.25, -0.2) is 9.80 Å². The zero-order chi connectivity index (χ0) is 23.5. The van der Waals surface area contributed by atoms with Gasteiger partial charge in [0.1, 0.15) is 6.04 Å². The Hall–Kier alpha value is -2.94. The number of aliphatic hydroxyl groups is 1. The van der Waals surface area contributed by atoms with E-state index in [4.69, 9.17) is 5.73 Å². The van der Waals surface area contributed by atoms with Crippen LogP contribution >= 0.6 is 0 Å². The molecule has 0 saturated heterocycles. The van der Waals surface area contributed by atoms with Gasteiger partial charge in [0.05, 0.1) is 13.2 Å². The molecule has 0 aliphatic carbocycles. The average molecular weight is 443 g/mol. The van der Waals surface area contributed by atoms with Crippen molar-refractivity contribution in [2.75, 3.05) is 13.7 Å². The van der Waals surface area contributed by atoms with Gasteiger partial charge in [-0.1, -0.05) is 74.5 Å². The van der Waals surface area contributed by atoms with Crippen molar-refractivity contribution in [1.29, 1.82) is 0 Å². The maximum Gasteiger partial charge on any atom is 0.407 e. The summed E-state index contributed by atoms with van der Waals surface area (Å²) in [6.07, 6.45) is -1.06. The molecule has 174 valence electrons. The highest BCUT2D eigenvalue weighted by Crippen LogP contribution is 2.09. The standard InChI is InChI=1S/C24H34N4O4/c1-17(2)22(26-24(31)32-3)23(30)27-28(15-19-12-8-5-9-13-19)16-21(29)20(25)14-18-10-6-4-7-11-18/h4-13,17,20-22,29H,14-16,25H2,1-3H3,(H,26,31)(H,27,30)/t20-,21-,22-/m0/s1. The number of nitrogens with two attached hydrogens (primary N) is 1. The summed E-state index contributed by atoms with van der Waals surface area (Å²) in [5, 5.41) is 14.9. The van der Waals surface area contributed by atoms with Gasteiger partial charge in [-0.2, -0.15) is 0 Å². The van der Waals surface area contributed by atoms with Gasteiger partial charge in [0.25, 0.3) is 5.91 Å². The van der Waals surface area contributed by atoms with Crippen molar-refractivity contribution in [3.05, 3.63) is 71.8 Å². The topological polar surface area (TPSA) is 117 Å². The molecule has 0 heterocycles.